The zero-order chi connectivity index (χ0) is 18.6. The molecule has 1 saturated heterocycles. The number of nitrogens with zero attached hydrogens (tertiary/aromatic N) is 3. The molecule has 2 heterocycles. The lowest BCUT2D eigenvalue weighted by Crippen LogP contribution is -2.46. The van der Waals surface area contributed by atoms with E-state index in [1.54, 1.807) is 0 Å². The Morgan fingerprint density at radius 1 is 1.15 bits per heavy atom. The zero-order valence-corrected chi connectivity index (χ0v) is 15.8. The van der Waals surface area contributed by atoms with E-state index in [-0.39, 0.29) is 5.91 Å². The Balaban J connectivity index is 1.58. The second kappa shape index (κ2) is 7.92. The van der Waals surface area contributed by atoms with Crippen molar-refractivity contribution in [2.24, 2.45) is 0 Å². The average molecular weight is 362 g/mol. The van der Waals surface area contributed by atoms with Gasteiger partial charge in [0.1, 0.15) is 6.33 Å². The van der Waals surface area contributed by atoms with Crippen LogP contribution in [0.5, 0.6) is 0 Å². The first-order valence-corrected chi connectivity index (χ1v) is 9.82. The Hall–Kier alpha value is -2.66. The molecule has 1 amide bonds. The van der Waals surface area contributed by atoms with Gasteiger partial charge in [0.15, 0.2) is 0 Å². The molecule has 0 atom stereocenters. The highest BCUT2D eigenvalue weighted by Gasteiger charge is 2.25. The molecule has 140 valence electrons. The van der Waals surface area contributed by atoms with Crippen LogP contribution in [0.2, 0.25) is 0 Å². The lowest BCUT2D eigenvalue weighted by atomic mass is 10.0. The molecule has 1 aliphatic heterocycles. The van der Waals surface area contributed by atoms with Gasteiger partial charge in [-0.15, -0.1) is 0 Å². The second-order valence-corrected chi connectivity index (χ2v) is 7.13. The van der Waals surface area contributed by atoms with Gasteiger partial charge in [-0.25, -0.2) is 4.98 Å². The van der Waals surface area contributed by atoms with Gasteiger partial charge in [0.05, 0.1) is 11.0 Å². The smallest absolute Gasteiger partial charge is 0.254 e. The van der Waals surface area contributed by atoms with Crippen molar-refractivity contribution in [3.8, 4) is 5.69 Å². The number of piperidine rings is 1. The maximum Gasteiger partial charge on any atom is 0.254 e. The van der Waals surface area contributed by atoms with Crippen LogP contribution in [0.1, 0.15) is 36.5 Å². The number of hydrogen-bond donors (Lipinski definition) is 1. The molecular weight excluding hydrogens is 336 g/mol. The van der Waals surface area contributed by atoms with Crippen molar-refractivity contribution in [2.75, 3.05) is 19.6 Å². The van der Waals surface area contributed by atoms with Crippen molar-refractivity contribution >= 4 is 16.9 Å². The lowest BCUT2D eigenvalue weighted by molar-refractivity contribution is 0.0642. The highest BCUT2D eigenvalue weighted by atomic mass is 16.2. The van der Waals surface area contributed by atoms with Crippen molar-refractivity contribution in [1.82, 2.24) is 19.8 Å². The van der Waals surface area contributed by atoms with E-state index in [2.05, 4.69) is 32.8 Å². The minimum Gasteiger partial charge on any atom is -0.336 e. The number of carbonyl (C=O) groups is 1. The SMILES string of the molecule is CCCN(C(=O)c1ccc(-n2cnc3ccccc32)cc1)C1CCNCC1. The van der Waals surface area contributed by atoms with Crippen molar-refractivity contribution < 1.29 is 4.79 Å². The first kappa shape index (κ1) is 17.7. The molecule has 1 N–H and O–H groups in total. The van der Waals surface area contributed by atoms with E-state index >= 15 is 0 Å². The molecule has 5 nitrogen and oxygen atoms in total. The molecule has 0 unspecified atom stereocenters. The van der Waals surface area contributed by atoms with E-state index in [1.165, 1.54) is 0 Å². The van der Waals surface area contributed by atoms with Gasteiger partial charge in [-0.1, -0.05) is 19.1 Å². The molecule has 0 bridgehead atoms. The maximum atomic E-state index is 13.1. The molecule has 1 fully saturated rings. The molecule has 2 aromatic carbocycles. The Morgan fingerprint density at radius 2 is 1.89 bits per heavy atom. The fourth-order valence-electron chi connectivity index (χ4n) is 3.90. The first-order chi connectivity index (χ1) is 13.3. The predicted octanol–water partition coefficient (Wildman–Crippen LogP) is 3.63. The van der Waals surface area contributed by atoms with E-state index in [9.17, 15) is 4.79 Å². The third-order valence-corrected chi connectivity index (χ3v) is 5.32. The number of imidazole rings is 1. The topological polar surface area (TPSA) is 50.2 Å². The fraction of sp³-hybridized carbons (Fsp3) is 0.364. The van der Waals surface area contributed by atoms with Crippen LogP contribution < -0.4 is 5.32 Å². The van der Waals surface area contributed by atoms with E-state index in [4.69, 9.17) is 0 Å². The van der Waals surface area contributed by atoms with Gasteiger partial charge in [-0.2, -0.15) is 0 Å². The van der Waals surface area contributed by atoms with Gasteiger partial charge in [0.25, 0.3) is 5.91 Å². The van der Waals surface area contributed by atoms with Gasteiger partial charge in [-0.3, -0.25) is 9.36 Å². The van der Waals surface area contributed by atoms with E-state index in [0.29, 0.717) is 6.04 Å². The minimum atomic E-state index is 0.144. The van der Waals surface area contributed by atoms with Crippen LogP contribution >= 0.6 is 0 Å². The van der Waals surface area contributed by atoms with Crippen molar-refractivity contribution in [2.45, 2.75) is 32.2 Å². The van der Waals surface area contributed by atoms with Crippen LogP contribution in [-0.2, 0) is 0 Å². The van der Waals surface area contributed by atoms with Crippen molar-refractivity contribution in [1.29, 1.82) is 0 Å². The van der Waals surface area contributed by atoms with Crippen molar-refractivity contribution in [3.63, 3.8) is 0 Å². The number of carbonyl (C=O) groups excluding carboxylic acids is 1. The Morgan fingerprint density at radius 3 is 2.63 bits per heavy atom. The summed E-state index contributed by atoms with van der Waals surface area (Å²) in [6.07, 6.45) is 4.88. The average Bonchev–Trinajstić information content (AvgIpc) is 3.16. The number of nitrogens with one attached hydrogen (secondary N) is 1. The third-order valence-electron chi connectivity index (χ3n) is 5.32. The number of amides is 1. The Labute approximate surface area is 160 Å². The van der Waals surface area contributed by atoms with Gasteiger partial charge < -0.3 is 10.2 Å². The molecule has 4 rings (SSSR count). The predicted molar refractivity (Wildman–Crippen MR) is 108 cm³/mol. The zero-order valence-electron chi connectivity index (χ0n) is 15.8. The summed E-state index contributed by atoms with van der Waals surface area (Å²) in [5, 5.41) is 3.38. The molecule has 1 aliphatic rings. The van der Waals surface area contributed by atoms with E-state index in [0.717, 1.165) is 61.2 Å². The summed E-state index contributed by atoms with van der Waals surface area (Å²) < 4.78 is 2.06. The Bertz CT molecular complexity index is 909. The summed E-state index contributed by atoms with van der Waals surface area (Å²) in [7, 11) is 0. The molecule has 0 saturated carbocycles. The molecule has 0 aliphatic carbocycles. The van der Waals surface area contributed by atoms with Gasteiger partial charge in [0, 0.05) is 23.8 Å². The first-order valence-electron chi connectivity index (χ1n) is 9.82. The van der Waals surface area contributed by atoms with Crippen LogP contribution in [0.3, 0.4) is 0 Å². The van der Waals surface area contributed by atoms with Crippen LogP contribution in [0, 0.1) is 0 Å². The molecule has 5 heteroatoms. The molecule has 3 aromatic rings. The number of hydrogen-bond acceptors (Lipinski definition) is 3. The number of para-hydroxylation sites is 2. The standard InChI is InChI=1S/C22H26N4O/c1-2-15-25(19-11-13-23-14-12-19)22(27)17-7-9-18(10-8-17)26-16-24-20-5-3-4-6-21(20)26/h3-10,16,19,23H,2,11-15H2,1H3. The highest BCUT2D eigenvalue weighted by molar-refractivity contribution is 5.94. The summed E-state index contributed by atoms with van der Waals surface area (Å²) in [4.78, 5) is 19.7. The third kappa shape index (κ3) is 3.60. The lowest BCUT2D eigenvalue weighted by Gasteiger charge is -2.34. The summed E-state index contributed by atoms with van der Waals surface area (Å²) in [5.41, 5.74) is 3.82. The number of aromatic nitrogens is 2. The summed E-state index contributed by atoms with van der Waals surface area (Å²) in [6, 6.07) is 16.3. The highest BCUT2D eigenvalue weighted by Crippen LogP contribution is 2.20. The van der Waals surface area contributed by atoms with E-state index in [1.807, 2.05) is 48.8 Å². The summed E-state index contributed by atoms with van der Waals surface area (Å²) >= 11 is 0. The monoisotopic (exact) mass is 362 g/mol. The van der Waals surface area contributed by atoms with Gasteiger partial charge in [0.2, 0.25) is 0 Å². The molecular formula is C22H26N4O. The van der Waals surface area contributed by atoms with Crippen molar-refractivity contribution in [3.05, 3.63) is 60.4 Å². The number of rotatable bonds is 5. The minimum absolute atomic E-state index is 0.144. The molecule has 27 heavy (non-hydrogen) atoms. The van der Waals surface area contributed by atoms with Crippen LogP contribution in [0.25, 0.3) is 16.7 Å². The van der Waals surface area contributed by atoms with Crippen LogP contribution in [0.15, 0.2) is 54.9 Å². The Kier molecular flexibility index (Phi) is 5.21. The molecule has 1 aromatic heterocycles. The molecule has 0 radical (unpaired) electrons. The van der Waals surface area contributed by atoms with Gasteiger partial charge >= 0.3 is 0 Å². The second-order valence-electron chi connectivity index (χ2n) is 7.13. The fourth-order valence-corrected chi connectivity index (χ4v) is 3.90. The summed E-state index contributed by atoms with van der Waals surface area (Å²) in [6.45, 7) is 4.93. The van der Waals surface area contributed by atoms with Crippen LogP contribution in [-0.4, -0.2) is 46.0 Å². The van der Waals surface area contributed by atoms with Gasteiger partial charge in [-0.05, 0) is 68.8 Å². The maximum absolute atomic E-state index is 13.1. The largest absolute Gasteiger partial charge is 0.336 e. The normalized spacial score (nSPS) is 15.1. The molecule has 0 spiro atoms. The quantitative estimate of drug-likeness (QED) is 0.754. The number of benzene rings is 2. The van der Waals surface area contributed by atoms with E-state index < -0.39 is 0 Å². The number of fused-ring (bicyclic) bond motifs is 1. The summed E-state index contributed by atoms with van der Waals surface area (Å²) in [5.74, 6) is 0.144. The van der Waals surface area contributed by atoms with Crippen LogP contribution in [0.4, 0.5) is 0 Å².